The van der Waals surface area contributed by atoms with Crippen LogP contribution in [0.2, 0.25) is 0 Å². The second-order valence-electron chi connectivity index (χ2n) is 7.61. The minimum Gasteiger partial charge on any atom is -0.488 e. The molecule has 0 aromatic heterocycles. The Balaban J connectivity index is 1.50. The summed E-state index contributed by atoms with van der Waals surface area (Å²) in [6, 6.07) is 6.85. The van der Waals surface area contributed by atoms with E-state index in [1.807, 2.05) is 26.8 Å². The lowest BCUT2D eigenvalue weighted by Gasteiger charge is -2.20. The Morgan fingerprint density at radius 3 is 2.78 bits per heavy atom. The molecule has 1 saturated carbocycles. The number of ether oxygens (including phenoxy) is 2. The van der Waals surface area contributed by atoms with Gasteiger partial charge in [-0.05, 0) is 56.9 Å². The van der Waals surface area contributed by atoms with Crippen LogP contribution in [0.1, 0.15) is 39.7 Å². The fourth-order valence-electron chi connectivity index (χ4n) is 2.77. The van der Waals surface area contributed by atoms with Crippen LogP contribution in [-0.4, -0.2) is 30.4 Å². The minimum atomic E-state index is -0.482. The molecule has 0 spiro atoms. The largest absolute Gasteiger partial charge is 0.488 e. The zero-order chi connectivity index (χ0) is 16.6. The molecule has 1 fully saturated rings. The van der Waals surface area contributed by atoms with Crippen molar-refractivity contribution in [2.45, 2.75) is 58.3 Å². The van der Waals surface area contributed by atoms with E-state index in [0.717, 1.165) is 23.8 Å². The predicted octanol–water partition coefficient (Wildman–Crippen LogP) is 3.34. The Bertz CT molecular complexity index is 594. The maximum Gasteiger partial charge on any atom is 0.407 e. The van der Waals surface area contributed by atoms with Gasteiger partial charge in [-0.3, -0.25) is 0 Å². The van der Waals surface area contributed by atoms with Crippen LogP contribution in [0, 0.1) is 5.92 Å². The Hall–Kier alpha value is -1.91. The van der Waals surface area contributed by atoms with Gasteiger partial charge in [-0.2, -0.15) is 0 Å². The molecule has 1 heterocycles. The van der Waals surface area contributed by atoms with E-state index < -0.39 is 11.7 Å². The fourth-order valence-corrected chi connectivity index (χ4v) is 2.77. The number of fused-ring (bicyclic) bond motifs is 1. The van der Waals surface area contributed by atoms with Gasteiger partial charge in [0.15, 0.2) is 0 Å². The van der Waals surface area contributed by atoms with Gasteiger partial charge in [-0.1, -0.05) is 6.92 Å². The van der Waals surface area contributed by atoms with E-state index in [9.17, 15) is 4.79 Å². The number of alkyl carbamates (subject to hydrolysis) is 1. The van der Waals surface area contributed by atoms with Gasteiger partial charge in [0.2, 0.25) is 0 Å². The summed E-state index contributed by atoms with van der Waals surface area (Å²) >= 11 is 0. The zero-order valence-electron chi connectivity index (χ0n) is 14.3. The third-order valence-corrected chi connectivity index (χ3v) is 4.14. The number of amides is 1. The second kappa shape index (κ2) is 5.95. The summed E-state index contributed by atoms with van der Waals surface area (Å²) in [6.07, 6.45) is 1.62. The summed E-state index contributed by atoms with van der Waals surface area (Å²) in [6.45, 7) is 8.26. The first kappa shape index (κ1) is 16.0. The van der Waals surface area contributed by atoms with Crippen LogP contribution < -0.4 is 15.4 Å². The molecule has 1 aromatic carbocycles. The molecule has 5 nitrogen and oxygen atoms in total. The lowest BCUT2D eigenvalue weighted by molar-refractivity contribution is 0.0506. The molecule has 0 bridgehead atoms. The highest BCUT2D eigenvalue weighted by Crippen LogP contribution is 2.35. The molecule has 2 N–H and O–H groups in total. The van der Waals surface area contributed by atoms with Crippen molar-refractivity contribution in [1.29, 1.82) is 0 Å². The maximum atomic E-state index is 11.7. The summed E-state index contributed by atoms with van der Waals surface area (Å²) in [7, 11) is 0. The van der Waals surface area contributed by atoms with Crippen LogP contribution in [0.15, 0.2) is 18.2 Å². The van der Waals surface area contributed by atoms with Crippen molar-refractivity contribution in [3.05, 3.63) is 23.8 Å². The summed E-state index contributed by atoms with van der Waals surface area (Å²) in [4.78, 5) is 11.7. The molecule has 1 aliphatic carbocycles. The maximum absolute atomic E-state index is 11.7. The number of anilines is 1. The van der Waals surface area contributed by atoms with E-state index in [-0.39, 0.29) is 6.10 Å². The highest BCUT2D eigenvalue weighted by Gasteiger charge is 2.32. The van der Waals surface area contributed by atoms with E-state index in [1.54, 1.807) is 0 Å². The monoisotopic (exact) mass is 318 g/mol. The summed E-state index contributed by atoms with van der Waals surface area (Å²) < 4.78 is 11.1. The highest BCUT2D eigenvalue weighted by molar-refractivity contribution is 5.67. The number of benzene rings is 1. The lowest BCUT2D eigenvalue weighted by Crippen LogP contribution is -2.38. The summed E-state index contributed by atoms with van der Waals surface area (Å²) in [5, 5.41) is 6.32. The Kier molecular flexibility index (Phi) is 4.13. The predicted molar refractivity (Wildman–Crippen MR) is 90.0 cm³/mol. The SMILES string of the molecule is CC1CC1Nc1ccc2c(c1)CC(CNC(=O)OC(C)(C)C)O2. The first-order chi connectivity index (χ1) is 10.8. The van der Waals surface area contributed by atoms with Crippen molar-refractivity contribution in [1.82, 2.24) is 5.32 Å². The zero-order valence-corrected chi connectivity index (χ0v) is 14.3. The molecular weight excluding hydrogens is 292 g/mol. The summed E-state index contributed by atoms with van der Waals surface area (Å²) in [5.74, 6) is 1.68. The first-order valence-electron chi connectivity index (χ1n) is 8.33. The minimum absolute atomic E-state index is 0.0346. The normalized spacial score (nSPS) is 25.3. The Morgan fingerprint density at radius 1 is 1.39 bits per heavy atom. The number of rotatable bonds is 4. The first-order valence-corrected chi connectivity index (χ1v) is 8.33. The third kappa shape index (κ3) is 4.30. The van der Waals surface area contributed by atoms with Gasteiger partial charge in [-0.15, -0.1) is 0 Å². The van der Waals surface area contributed by atoms with Crippen molar-refractivity contribution < 1.29 is 14.3 Å². The molecule has 3 atom stereocenters. The number of carbonyl (C=O) groups is 1. The Labute approximate surface area is 137 Å². The number of hydrogen-bond donors (Lipinski definition) is 2. The molecule has 5 heteroatoms. The van der Waals surface area contributed by atoms with Gasteiger partial charge < -0.3 is 20.1 Å². The smallest absolute Gasteiger partial charge is 0.407 e. The average molecular weight is 318 g/mol. The number of hydrogen-bond acceptors (Lipinski definition) is 4. The van der Waals surface area contributed by atoms with Gasteiger partial charge in [0.25, 0.3) is 0 Å². The molecule has 3 unspecified atom stereocenters. The molecule has 1 aromatic rings. The average Bonchev–Trinajstić information content (AvgIpc) is 2.98. The standard InChI is InChI=1S/C18H26N2O3/c1-11-7-15(11)20-13-5-6-16-12(8-13)9-14(22-16)10-19-17(21)23-18(2,3)4/h5-6,8,11,14-15,20H,7,9-10H2,1-4H3,(H,19,21). The van der Waals surface area contributed by atoms with E-state index in [0.29, 0.717) is 12.6 Å². The molecule has 23 heavy (non-hydrogen) atoms. The molecule has 2 aliphatic rings. The number of carbonyl (C=O) groups excluding carboxylic acids is 1. The molecule has 126 valence electrons. The summed E-state index contributed by atoms with van der Waals surface area (Å²) in [5.41, 5.74) is 1.87. The molecule has 1 amide bonds. The molecule has 0 saturated heterocycles. The lowest BCUT2D eigenvalue weighted by atomic mass is 10.1. The van der Waals surface area contributed by atoms with Gasteiger partial charge in [-0.25, -0.2) is 4.79 Å². The van der Waals surface area contributed by atoms with Crippen molar-refractivity contribution in [3.63, 3.8) is 0 Å². The van der Waals surface area contributed by atoms with E-state index in [1.165, 1.54) is 12.0 Å². The fraction of sp³-hybridized carbons (Fsp3) is 0.611. The topological polar surface area (TPSA) is 59.6 Å². The molecular formula is C18H26N2O3. The van der Waals surface area contributed by atoms with Gasteiger partial charge in [0, 0.05) is 18.2 Å². The van der Waals surface area contributed by atoms with Crippen LogP contribution in [0.5, 0.6) is 5.75 Å². The van der Waals surface area contributed by atoms with Gasteiger partial charge >= 0.3 is 6.09 Å². The molecule has 3 rings (SSSR count). The van der Waals surface area contributed by atoms with Crippen molar-refractivity contribution in [3.8, 4) is 5.75 Å². The van der Waals surface area contributed by atoms with Crippen LogP contribution in [-0.2, 0) is 11.2 Å². The number of nitrogens with one attached hydrogen (secondary N) is 2. The van der Waals surface area contributed by atoms with E-state index in [2.05, 4.69) is 29.7 Å². The van der Waals surface area contributed by atoms with Gasteiger partial charge in [0.1, 0.15) is 17.5 Å². The molecule has 1 aliphatic heterocycles. The Morgan fingerprint density at radius 2 is 2.13 bits per heavy atom. The molecule has 0 radical (unpaired) electrons. The van der Waals surface area contributed by atoms with E-state index >= 15 is 0 Å². The van der Waals surface area contributed by atoms with Crippen molar-refractivity contribution in [2.75, 3.05) is 11.9 Å². The highest BCUT2D eigenvalue weighted by atomic mass is 16.6. The van der Waals surface area contributed by atoms with Crippen LogP contribution in [0.3, 0.4) is 0 Å². The van der Waals surface area contributed by atoms with Crippen LogP contribution in [0.25, 0.3) is 0 Å². The second-order valence-corrected chi connectivity index (χ2v) is 7.61. The third-order valence-electron chi connectivity index (χ3n) is 4.14. The van der Waals surface area contributed by atoms with Crippen molar-refractivity contribution in [2.24, 2.45) is 5.92 Å². The van der Waals surface area contributed by atoms with Crippen LogP contribution >= 0.6 is 0 Å². The van der Waals surface area contributed by atoms with Crippen LogP contribution in [0.4, 0.5) is 10.5 Å². The van der Waals surface area contributed by atoms with Gasteiger partial charge in [0.05, 0.1) is 6.54 Å². The van der Waals surface area contributed by atoms with Crippen molar-refractivity contribution >= 4 is 11.8 Å². The van der Waals surface area contributed by atoms with E-state index in [4.69, 9.17) is 9.47 Å². The quantitative estimate of drug-likeness (QED) is 0.894.